The lowest BCUT2D eigenvalue weighted by Gasteiger charge is -2.21. The van der Waals surface area contributed by atoms with E-state index in [4.69, 9.17) is 0 Å². The number of halogens is 1. The summed E-state index contributed by atoms with van der Waals surface area (Å²) in [6.45, 7) is 4.97. The Morgan fingerprint density at radius 1 is 1.28 bits per heavy atom. The normalized spacial score (nSPS) is 17.9. The molecule has 0 saturated carbocycles. The summed E-state index contributed by atoms with van der Waals surface area (Å²) in [6.07, 6.45) is 11.7. The zero-order valence-electron chi connectivity index (χ0n) is 16.8. The summed E-state index contributed by atoms with van der Waals surface area (Å²) in [7, 11) is 3.93. The molecule has 29 heavy (non-hydrogen) atoms. The standard InChI is InChI=1S/C24H25FN4/c1-4-17-9-7-13-26-23(17)16-28(2)14-18-8-5-11-20(24(18)25)19-10-6-12-22-21(19)15-29(3)27-22/h4-13,15,22,27H,1,14,16H2,2-3H3. The minimum Gasteiger partial charge on any atom is -0.317 e. The van der Waals surface area contributed by atoms with Crippen LogP contribution >= 0.6 is 0 Å². The average molecular weight is 388 g/mol. The Balaban J connectivity index is 1.57. The summed E-state index contributed by atoms with van der Waals surface area (Å²) in [5.41, 5.74) is 8.59. The van der Waals surface area contributed by atoms with Crippen molar-refractivity contribution in [2.24, 2.45) is 0 Å². The first-order chi connectivity index (χ1) is 14.1. The molecule has 0 saturated heterocycles. The number of hydrazine groups is 1. The fraction of sp³-hybridized carbons (Fsp3) is 0.208. The van der Waals surface area contributed by atoms with Gasteiger partial charge < -0.3 is 5.01 Å². The van der Waals surface area contributed by atoms with Crippen molar-refractivity contribution in [2.45, 2.75) is 19.1 Å². The van der Waals surface area contributed by atoms with Crippen molar-refractivity contribution in [1.29, 1.82) is 0 Å². The van der Waals surface area contributed by atoms with Crippen molar-refractivity contribution in [1.82, 2.24) is 20.3 Å². The number of hydrogen-bond acceptors (Lipinski definition) is 4. The van der Waals surface area contributed by atoms with Gasteiger partial charge in [-0.1, -0.05) is 55.1 Å². The lowest BCUT2D eigenvalue weighted by molar-refractivity contribution is 0.309. The molecule has 1 atom stereocenters. The molecule has 1 aliphatic heterocycles. The second-order valence-electron chi connectivity index (χ2n) is 7.46. The van der Waals surface area contributed by atoms with E-state index in [1.807, 2.05) is 67.8 Å². The molecule has 5 heteroatoms. The van der Waals surface area contributed by atoms with E-state index in [2.05, 4.69) is 28.0 Å². The molecule has 148 valence electrons. The topological polar surface area (TPSA) is 31.4 Å². The molecule has 0 bridgehead atoms. The number of rotatable bonds is 6. The van der Waals surface area contributed by atoms with Gasteiger partial charge in [0.25, 0.3) is 0 Å². The number of benzene rings is 1. The summed E-state index contributed by atoms with van der Waals surface area (Å²) in [5.74, 6) is -0.167. The van der Waals surface area contributed by atoms with Crippen molar-refractivity contribution in [3.8, 4) is 0 Å². The van der Waals surface area contributed by atoms with E-state index >= 15 is 4.39 Å². The second kappa shape index (κ2) is 8.15. The molecule has 2 aliphatic rings. The van der Waals surface area contributed by atoms with E-state index < -0.39 is 0 Å². The van der Waals surface area contributed by atoms with E-state index in [1.165, 1.54) is 0 Å². The van der Waals surface area contributed by atoms with E-state index in [0.717, 1.165) is 22.4 Å². The zero-order valence-corrected chi connectivity index (χ0v) is 16.8. The molecule has 1 aliphatic carbocycles. The van der Waals surface area contributed by atoms with Crippen LogP contribution in [0.15, 0.2) is 73.1 Å². The third-order valence-electron chi connectivity index (χ3n) is 5.26. The average Bonchev–Trinajstić information content (AvgIpc) is 3.10. The predicted molar refractivity (Wildman–Crippen MR) is 116 cm³/mol. The van der Waals surface area contributed by atoms with Crippen molar-refractivity contribution >= 4 is 11.6 Å². The van der Waals surface area contributed by atoms with Gasteiger partial charge in [-0.15, -0.1) is 0 Å². The van der Waals surface area contributed by atoms with Gasteiger partial charge in [-0.25, -0.2) is 9.82 Å². The molecule has 0 amide bonds. The maximum Gasteiger partial charge on any atom is 0.135 e. The number of allylic oxidation sites excluding steroid dienone is 2. The van der Waals surface area contributed by atoms with Gasteiger partial charge in [-0.2, -0.15) is 0 Å². The Bertz CT molecular complexity index is 1020. The quantitative estimate of drug-likeness (QED) is 0.806. The van der Waals surface area contributed by atoms with Gasteiger partial charge in [0.05, 0.1) is 11.7 Å². The first-order valence-corrected chi connectivity index (χ1v) is 9.69. The number of nitrogens with one attached hydrogen (secondary N) is 1. The predicted octanol–water partition coefficient (Wildman–Crippen LogP) is 4.15. The Morgan fingerprint density at radius 2 is 2.14 bits per heavy atom. The van der Waals surface area contributed by atoms with Crippen molar-refractivity contribution in [2.75, 3.05) is 14.1 Å². The van der Waals surface area contributed by atoms with Crippen molar-refractivity contribution in [3.63, 3.8) is 0 Å². The molecule has 0 fully saturated rings. The Labute approximate surface area is 171 Å². The van der Waals surface area contributed by atoms with E-state index in [1.54, 1.807) is 12.3 Å². The van der Waals surface area contributed by atoms with Crippen LogP contribution in [0.3, 0.4) is 0 Å². The maximum absolute atomic E-state index is 15.5. The highest BCUT2D eigenvalue weighted by Crippen LogP contribution is 2.34. The van der Waals surface area contributed by atoms with Gasteiger partial charge in [0.15, 0.2) is 0 Å². The molecule has 0 radical (unpaired) electrons. The molecule has 1 unspecified atom stereocenters. The van der Waals surface area contributed by atoms with Gasteiger partial charge in [0, 0.05) is 43.7 Å². The lowest BCUT2D eigenvalue weighted by Crippen LogP contribution is -2.32. The number of hydrogen-bond donors (Lipinski definition) is 1. The summed E-state index contributed by atoms with van der Waals surface area (Å²) < 4.78 is 15.5. The zero-order chi connectivity index (χ0) is 20.4. The highest BCUT2D eigenvalue weighted by molar-refractivity contribution is 5.84. The molecule has 1 N–H and O–H groups in total. The SMILES string of the molecule is C=Cc1cccnc1CN(C)Cc1cccc(C2=CC=CC3NN(C)C=C23)c1F. The third kappa shape index (κ3) is 3.92. The van der Waals surface area contributed by atoms with E-state index in [9.17, 15) is 0 Å². The van der Waals surface area contributed by atoms with Crippen molar-refractivity contribution < 1.29 is 4.39 Å². The van der Waals surface area contributed by atoms with Gasteiger partial charge in [0.2, 0.25) is 0 Å². The monoisotopic (exact) mass is 388 g/mol. The van der Waals surface area contributed by atoms with Gasteiger partial charge in [0.1, 0.15) is 5.82 Å². The number of nitrogens with zero attached hydrogens (tertiary/aromatic N) is 3. The molecule has 0 spiro atoms. The van der Waals surface area contributed by atoms with Gasteiger partial charge in [-0.05, 0) is 29.8 Å². The molecule has 1 aromatic carbocycles. The van der Waals surface area contributed by atoms with Crippen LogP contribution in [-0.4, -0.2) is 35.0 Å². The number of fused-ring (bicyclic) bond motifs is 1. The fourth-order valence-electron chi connectivity index (χ4n) is 3.88. The fourth-order valence-corrected chi connectivity index (χ4v) is 3.88. The van der Waals surface area contributed by atoms with Crippen LogP contribution in [0.5, 0.6) is 0 Å². The van der Waals surface area contributed by atoms with Crippen LogP contribution in [0.1, 0.15) is 22.4 Å². The molecule has 4 rings (SSSR count). The molecular formula is C24H25FN4. The Hall–Kier alpha value is -3.02. The van der Waals surface area contributed by atoms with E-state index in [-0.39, 0.29) is 11.9 Å². The largest absolute Gasteiger partial charge is 0.317 e. The van der Waals surface area contributed by atoms with Gasteiger partial charge >= 0.3 is 0 Å². The van der Waals surface area contributed by atoms with Crippen LogP contribution in [-0.2, 0) is 13.1 Å². The number of aromatic nitrogens is 1. The van der Waals surface area contributed by atoms with Crippen LogP contribution in [0.4, 0.5) is 4.39 Å². The molecule has 2 heterocycles. The number of pyridine rings is 1. The first-order valence-electron chi connectivity index (χ1n) is 9.69. The van der Waals surface area contributed by atoms with Crippen LogP contribution in [0.25, 0.3) is 11.6 Å². The van der Waals surface area contributed by atoms with E-state index in [0.29, 0.717) is 24.2 Å². The highest BCUT2D eigenvalue weighted by Gasteiger charge is 2.27. The molecule has 2 aromatic rings. The third-order valence-corrected chi connectivity index (χ3v) is 5.26. The van der Waals surface area contributed by atoms with Gasteiger partial charge in [-0.3, -0.25) is 9.88 Å². The summed E-state index contributed by atoms with van der Waals surface area (Å²) in [5, 5.41) is 1.92. The summed E-state index contributed by atoms with van der Waals surface area (Å²) in [4.78, 5) is 6.51. The van der Waals surface area contributed by atoms with Crippen LogP contribution < -0.4 is 5.43 Å². The Kier molecular flexibility index (Phi) is 5.43. The smallest absolute Gasteiger partial charge is 0.135 e. The first kappa shape index (κ1) is 19.3. The minimum absolute atomic E-state index is 0.0900. The Morgan fingerprint density at radius 3 is 2.97 bits per heavy atom. The van der Waals surface area contributed by atoms with Crippen LogP contribution in [0.2, 0.25) is 0 Å². The summed E-state index contributed by atoms with van der Waals surface area (Å²) >= 11 is 0. The van der Waals surface area contributed by atoms with Crippen LogP contribution in [0, 0.1) is 5.82 Å². The van der Waals surface area contributed by atoms with Crippen molar-refractivity contribution in [3.05, 3.63) is 101 Å². The molecular weight excluding hydrogens is 363 g/mol. The maximum atomic E-state index is 15.5. The molecule has 4 nitrogen and oxygen atoms in total. The lowest BCUT2D eigenvalue weighted by atomic mass is 9.89. The minimum atomic E-state index is -0.167. The second-order valence-corrected chi connectivity index (χ2v) is 7.46. The highest BCUT2D eigenvalue weighted by atomic mass is 19.1. The molecule has 1 aromatic heterocycles. The summed E-state index contributed by atoms with van der Waals surface area (Å²) in [6, 6.07) is 9.61.